The molecule has 2 atom stereocenters. The Kier molecular flexibility index (Phi) is 5.59. The maximum atomic E-state index is 12.3. The first kappa shape index (κ1) is 15.8. The van der Waals surface area contributed by atoms with Gasteiger partial charge in [-0.05, 0) is 31.7 Å². The molecule has 2 rings (SSSR count). The highest BCUT2D eigenvalue weighted by Gasteiger charge is 2.27. The van der Waals surface area contributed by atoms with Crippen molar-refractivity contribution >= 4 is 5.91 Å². The van der Waals surface area contributed by atoms with E-state index in [1.807, 2.05) is 31.2 Å². The minimum Gasteiger partial charge on any atom is -0.496 e. The second-order valence-electron chi connectivity index (χ2n) is 5.45. The Balaban J connectivity index is 1.97. The number of amides is 1. The summed E-state index contributed by atoms with van der Waals surface area (Å²) < 4.78 is 10.6. The van der Waals surface area contributed by atoms with Gasteiger partial charge in [-0.3, -0.25) is 4.79 Å². The van der Waals surface area contributed by atoms with Crippen molar-refractivity contribution in [2.75, 3.05) is 20.3 Å². The molecule has 0 aromatic heterocycles. The molecule has 1 aliphatic rings. The van der Waals surface area contributed by atoms with Crippen LogP contribution in [0.25, 0.3) is 0 Å². The van der Waals surface area contributed by atoms with Gasteiger partial charge in [0, 0.05) is 18.8 Å². The predicted octanol–water partition coefficient (Wildman–Crippen LogP) is 1.63. The molecule has 21 heavy (non-hydrogen) atoms. The monoisotopic (exact) mass is 292 g/mol. The summed E-state index contributed by atoms with van der Waals surface area (Å²) in [4.78, 5) is 12.3. The average molecular weight is 292 g/mol. The van der Waals surface area contributed by atoms with Crippen LogP contribution < -0.4 is 15.8 Å². The van der Waals surface area contributed by atoms with Gasteiger partial charge in [-0.25, -0.2) is 0 Å². The number of nitrogens with two attached hydrogens (primary N) is 1. The fraction of sp³-hybridized carbons (Fsp3) is 0.562. The van der Waals surface area contributed by atoms with Gasteiger partial charge in [-0.2, -0.15) is 0 Å². The Morgan fingerprint density at radius 1 is 1.38 bits per heavy atom. The van der Waals surface area contributed by atoms with Crippen molar-refractivity contribution in [2.45, 2.75) is 31.8 Å². The summed E-state index contributed by atoms with van der Waals surface area (Å²) >= 11 is 0. The van der Waals surface area contributed by atoms with Crippen molar-refractivity contribution in [1.29, 1.82) is 0 Å². The molecule has 3 N–H and O–H groups in total. The van der Waals surface area contributed by atoms with Crippen LogP contribution in [0, 0.1) is 5.92 Å². The van der Waals surface area contributed by atoms with Crippen molar-refractivity contribution < 1.29 is 14.3 Å². The molecule has 1 aliphatic heterocycles. The third-order valence-electron chi connectivity index (χ3n) is 4.04. The normalized spacial score (nSPS) is 18.8. The molecule has 2 unspecified atom stereocenters. The van der Waals surface area contributed by atoms with Crippen LogP contribution in [0.1, 0.15) is 31.4 Å². The number of carbonyl (C=O) groups is 1. The second kappa shape index (κ2) is 7.43. The summed E-state index contributed by atoms with van der Waals surface area (Å²) in [5.41, 5.74) is 7.04. The van der Waals surface area contributed by atoms with Crippen molar-refractivity contribution in [3.05, 3.63) is 29.8 Å². The van der Waals surface area contributed by atoms with E-state index in [1.165, 1.54) is 0 Å². The highest BCUT2D eigenvalue weighted by Crippen LogP contribution is 2.25. The first-order valence-corrected chi connectivity index (χ1v) is 7.40. The zero-order valence-electron chi connectivity index (χ0n) is 12.7. The Morgan fingerprint density at radius 3 is 2.71 bits per heavy atom. The highest BCUT2D eigenvalue weighted by atomic mass is 16.5. The number of benzene rings is 1. The molecule has 1 heterocycles. The van der Waals surface area contributed by atoms with Gasteiger partial charge in [0.2, 0.25) is 5.91 Å². The minimum atomic E-state index is -0.481. The summed E-state index contributed by atoms with van der Waals surface area (Å²) in [6.45, 7) is 3.31. The highest BCUT2D eigenvalue weighted by molar-refractivity contribution is 5.82. The zero-order valence-corrected chi connectivity index (χ0v) is 12.7. The summed E-state index contributed by atoms with van der Waals surface area (Å²) in [6, 6.07) is 7.05. The maximum absolute atomic E-state index is 12.3. The summed E-state index contributed by atoms with van der Waals surface area (Å²) in [7, 11) is 1.63. The van der Waals surface area contributed by atoms with E-state index in [0.717, 1.165) is 24.2 Å². The lowest BCUT2D eigenvalue weighted by molar-refractivity contribution is -0.125. The Hall–Kier alpha value is -1.59. The summed E-state index contributed by atoms with van der Waals surface area (Å²) in [6.07, 6.45) is 1.69. The van der Waals surface area contributed by atoms with E-state index >= 15 is 0 Å². The van der Waals surface area contributed by atoms with Gasteiger partial charge >= 0.3 is 0 Å². The van der Waals surface area contributed by atoms with Crippen LogP contribution in [0.5, 0.6) is 5.75 Å². The van der Waals surface area contributed by atoms with Crippen LogP contribution in [0.15, 0.2) is 24.3 Å². The number of hydrogen-bond donors (Lipinski definition) is 2. The fourth-order valence-electron chi connectivity index (χ4n) is 2.70. The van der Waals surface area contributed by atoms with Gasteiger partial charge < -0.3 is 20.5 Å². The third-order valence-corrected chi connectivity index (χ3v) is 4.04. The fourth-order valence-corrected chi connectivity index (χ4v) is 2.70. The van der Waals surface area contributed by atoms with E-state index in [4.69, 9.17) is 15.2 Å². The molecule has 1 aromatic carbocycles. The minimum absolute atomic E-state index is 0.111. The van der Waals surface area contributed by atoms with Gasteiger partial charge in [0.05, 0.1) is 19.2 Å². The second-order valence-corrected chi connectivity index (χ2v) is 5.45. The van der Waals surface area contributed by atoms with E-state index in [0.29, 0.717) is 13.2 Å². The lowest BCUT2D eigenvalue weighted by Crippen LogP contribution is -2.47. The zero-order chi connectivity index (χ0) is 15.2. The maximum Gasteiger partial charge on any atom is 0.237 e. The number of carbonyl (C=O) groups excluding carboxylic acids is 1. The molecule has 0 bridgehead atoms. The molecule has 0 spiro atoms. The van der Waals surface area contributed by atoms with Crippen molar-refractivity contribution in [2.24, 2.45) is 11.7 Å². The van der Waals surface area contributed by atoms with Gasteiger partial charge in [0.1, 0.15) is 5.75 Å². The lowest BCUT2D eigenvalue weighted by Gasteiger charge is -2.28. The Bertz CT molecular complexity index is 472. The number of methoxy groups -OCH3 is 1. The summed E-state index contributed by atoms with van der Waals surface area (Å²) in [5, 5.41) is 2.98. The van der Waals surface area contributed by atoms with Crippen LogP contribution in [0.2, 0.25) is 0 Å². The van der Waals surface area contributed by atoms with Crippen LogP contribution in [0.4, 0.5) is 0 Å². The van der Waals surface area contributed by atoms with E-state index in [2.05, 4.69) is 5.32 Å². The third kappa shape index (κ3) is 3.95. The predicted molar refractivity (Wildman–Crippen MR) is 81.1 cm³/mol. The molecular weight excluding hydrogens is 268 g/mol. The number of hydrogen-bond acceptors (Lipinski definition) is 4. The number of ether oxygens (including phenoxy) is 2. The molecule has 5 nitrogen and oxygen atoms in total. The standard InChI is InChI=1S/C16H24N2O3/c1-11(13-5-3-4-6-14(13)20-2)18-16(19)15(17)12-7-9-21-10-8-12/h3-6,11-12,15H,7-10,17H2,1-2H3,(H,18,19). The van der Waals surface area contributed by atoms with Crippen LogP contribution in [-0.2, 0) is 9.53 Å². The van der Waals surface area contributed by atoms with E-state index < -0.39 is 6.04 Å². The summed E-state index contributed by atoms with van der Waals surface area (Å²) in [5.74, 6) is 0.855. The van der Waals surface area contributed by atoms with Gasteiger partial charge in [0.15, 0.2) is 0 Å². The number of rotatable bonds is 5. The Morgan fingerprint density at radius 2 is 2.05 bits per heavy atom. The van der Waals surface area contributed by atoms with Gasteiger partial charge in [-0.15, -0.1) is 0 Å². The largest absolute Gasteiger partial charge is 0.496 e. The molecule has 1 aromatic rings. The van der Waals surface area contributed by atoms with Crippen molar-refractivity contribution in [3.8, 4) is 5.75 Å². The lowest BCUT2D eigenvalue weighted by atomic mass is 9.91. The van der Waals surface area contributed by atoms with Crippen molar-refractivity contribution in [3.63, 3.8) is 0 Å². The first-order chi connectivity index (χ1) is 10.1. The van der Waals surface area contributed by atoms with Crippen molar-refractivity contribution in [1.82, 2.24) is 5.32 Å². The number of nitrogens with one attached hydrogen (secondary N) is 1. The Labute approximate surface area is 125 Å². The first-order valence-electron chi connectivity index (χ1n) is 7.40. The van der Waals surface area contributed by atoms with Crippen LogP contribution >= 0.6 is 0 Å². The van der Waals surface area contributed by atoms with Crippen LogP contribution in [0.3, 0.4) is 0 Å². The SMILES string of the molecule is COc1ccccc1C(C)NC(=O)C(N)C1CCOCC1. The smallest absolute Gasteiger partial charge is 0.237 e. The molecule has 0 radical (unpaired) electrons. The molecule has 0 saturated carbocycles. The van der Waals surface area contributed by atoms with E-state index in [9.17, 15) is 4.79 Å². The molecule has 1 amide bonds. The number of para-hydroxylation sites is 1. The topological polar surface area (TPSA) is 73.6 Å². The molecule has 116 valence electrons. The molecule has 5 heteroatoms. The van der Waals surface area contributed by atoms with E-state index in [1.54, 1.807) is 7.11 Å². The van der Waals surface area contributed by atoms with Crippen LogP contribution in [-0.4, -0.2) is 32.3 Å². The molecule has 1 saturated heterocycles. The average Bonchev–Trinajstić information content (AvgIpc) is 2.54. The van der Waals surface area contributed by atoms with Gasteiger partial charge in [-0.1, -0.05) is 18.2 Å². The van der Waals surface area contributed by atoms with Gasteiger partial charge in [0.25, 0.3) is 0 Å². The van der Waals surface area contributed by atoms with E-state index in [-0.39, 0.29) is 17.9 Å². The quantitative estimate of drug-likeness (QED) is 0.865. The molecule has 0 aliphatic carbocycles. The molecular formula is C16H24N2O3. The molecule has 1 fully saturated rings.